The van der Waals surface area contributed by atoms with Gasteiger partial charge < -0.3 is 4.74 Å². The molecule has 1 saturated heterocycles. The SMILES string of the molecule is CC(=O)O[C@@H]1CC[C@]2(C)C(=C[C@@H](N3CCCCC3)[C@H]3[C@@H]4CC[C@@H]([C@H](C)CCCC(C)C)[C@@]4(C)CC[C@@H]32)C1. The fourth-order valence-corrected chi connectivity index (χ4v) is 10.5. The highest BCUT2D eigenvalue weighted by molar-refractivity contribution is 5.66. The van der Waals surface area contributed by atoms with Gasteiger partial charge in [0.15, 0.2) is 0 Å². The van der Waals surface area contributed by atoms with Gasteiger partial charge in [0.05, 0.1) is 0 Å². The molecule has 3 nitrogen and oxygen atoms in total. The largest absolute Gasteiger partial charge is 0.462 e. The first kappa shape index (κ1) is 27.7. The van der Waals surface area contributed by atoms with Gasteiger partial charge in [-0.25, -0.2) is 0 Å². The zero-order chi connectivity index (χ0) is 26.4. The summed E-state index contributed by atoms with van der Waals surface area (Å²) in [7, 11) is 0. The Hall–Kier alpha value is -0.830. The van der Waals surface area contributed by atoms with Gasteiger partial charge in [0, 0.05) is 19.4 Å². The number of carbonyl (C=O) groups excluding carboxylic acids is 1. The lowest BCUT2D eigenvalue weighted by atomic mass is 9.45. The summed E-state index contributed by atoms with van der Waals surface area (Å²) in [4.78, 5) is 14.7. The van der Waals surface area contributed by atoms with Gasteiger partial charge in [-0.15, -0.1) is 0 Å². The van der Waals surface area contributed by atoms with E-state index in [0.717, 1.165) is 48.3 Å². The average Bonchev–Trinajstić information content (AvgIpc) is 3.21. The van der Waals surface area contributed by atoms with Crippen LogP contribution in [0.5, 0.6) is 0 Å². The van der Waals surface area contributed by atoms with Gasteiger partial charge in [-0.2, -0.15) is 0 Å². The highest BCUT2D eigenvalue weighted by Crippen LogP contribution is 2.68. The van der Waals surface area contributed by atoms with E-state index in [1.165, 1.54) is 83.7 Å². The zero-order valence-corrected chi connectivity index (χ0v) is 25.1. The van der Waals surface area contributed by atoms with E-state index in [2.05, 4.69) is 45.6 Å². The van der Waals surface area contributed by atoms with Crippen molar-refractivity contribution in [1.82, 2.24) is 4.90 Å². The standard InChI is InChI=1S/C34H57NO2/c1-23(2)11-10-12-24(3)28-13-14-29-32-30(16-18-34(28,29)6)33(5)17-15-27(37-25(4)36)21-26(33)22-31(32)35-19-8-7-9-20-35/h22-24,27-32H,7-21H2,1-6H3/t24-,27-,28+,29+,30+,31-,32+,33-,34-/m1/s1. The summed E-state index contributed by atoms with van der Waals surface area (Å²) >= 11 is 0. The van der Waals surface area contributed by atoms with Crippen molar-refractivity contribution in [2.24, 2.45) is 46.3 Å². The predicted octanol–water partition coefficient (Wildman–Crippen LogP) is 8.42. The van der Waals surface area contributed by atoms with Crippen molar-refractivity contribution < 1.29 is 9.53 Å². The van der Waals surface area contributed by atoms with Gasteiger partial charge in [-0.1, -0.05) is 72.0 Å². The van der Waals surface area contributed by atoms with Crippen molar-refractivity contribution in [3.05, 3.63) is 11.6 Å². The molecule has 9 atom stereocenters. The normalized spacial score (nSPS) is 42.9. The second-order valence-electron chi connectivity index (χ2n) is 15.0. The van der Waals surface area contributed by atoms with Crippen LogP contribution in [0, 0.1) is 46.3 Å². The lowest BCUT2D eigenvalue weighted by molar-refractivity contribution is -0.149. The Kier molecular flexibility index (Phi) is 8.22. The lowest BCUT2D eigenvalue weighted by Gasteiger charge is -2.62. The Balaban J connectivity index is 1.43. The predicted molar refractivity (Wildman–Crippen MR) is 153 cm³/mol. The number of ether oxygens (including phenoxy) is 1. The fraction of sp³-hybridized carbons (Fsp3) is 0.912. The Morgan fingerprint density at radius 3 is 2.46 bits per heavy atom. The van der Waals surface area contributed by atoms with Crippen molar-refractivity contribution in [2.45, 2.75) is 137 Å². The molecule has 3 heteroatoms. The second-order valence-corrected chi connectivity index (χ2v) is 15.0. The van der Waals surface area contributed by atoms with Crippen LogP contribution < -0.4 is 0 Å². The third-order valence-electron chi connectivity index (χ3n) is 12.4. The smallest absolute Gasteiger partial charge is 0.302 e. The van der Waals surface area contributed by atoms with Crippen molar-refractivity contribution in [3.8, 4) is 0 Å². The number of likely N-dealkylation sites (tertiary alicyclic amines) is 1. The minimum absolute atomic E-state index is 0.0896. The second kappa shape index (κ2) is 11.0. The molecule has 0 aromatic carbocycles. The summed E-state index contributed by atoms with van der Waals surface area (Å²) in [6.07, 6.45) is 20.2. The zero-order valence-electron chi connectivity index (χ0n) is 25.1. The lowest BCUT2D eigenvalue weighted by Crippen LogP contribution is -2.59. The van der Waals surface area contributed by atoms with Gasteiger partial charge in [0.1, 0.15) is 6.10 Å². The first-order chi connectivity index (χ1) is 17.6. The Morgan fingerprint density at radius 2 is 1.76 bits per heavy atom. The molecule has 5 rings (SSSR count). The number of piperidine rings is 1. The van der Waals surface area contributed by atoms with Crippen LogP contribution in [0.3, 0.4) is 0 Å². The van der Waals surface area contributed by atoms with E-state index >= 15 is 0 Å². The summed E-state index contributed by atoms with van der Waals surface area (Å²) < 4.78 is 5.78. The topological polar surface area (TPSA) is 29.5 Å². The maximum atomic E-state index is 11.8. The van der Waals surface area contributed by atoms with Crippen molar-refractivity contribution in [1.29, 1.82) is 0 Å². The molecule has 0 aromatic rings. The highest BCUT2D eigenvalue weighted by atomic mass is 16.5. The van der Waals surface area contributed by atoms with E-state index in [1.807, 2.05) is 0 Å². The Bertz CT molecular complexity index is 843. The van der Waals surface area contributed by atoms with E-state index in [9.17, 15) is 4.79 Å². The van der Waals surface area contributed by atoms with E-state index in [0.29, 0.717) is 16.9 Å². The molecular weight excluding hydrogens is 454 g/mol. The molecular formula is C34H57NO2. The van der Waals surface area contributed by atoms with Crippen molar-refractivity contribution in [3.63, 3.8) is 0 Å². The molecule has 37 heavy (non-hydrogen) atoms. The summed E-state index contributed by atoms with van der Waals surface area (Å²) in [6.45, 7) is 16.8. The number of esters is 1. The number of nitrogens with zero attached hydrogens (tertiary/aromatic N) is 1. The maximum Gasteiger partial charge on any atom is 0.302 e. The number of fused-ring (bicyclic) bond motifs is 5. The van der Waals surface area contributed by atoms with Crippen LogP contribution in [-0.4, -0.2) is 36.1 Å². The van der Waals surface area contributed by atoms with E-state index in [-0.39, 0.29) is 12.1 Å². The summed E-state index contributed by atoms with van der Waals surface area (Å²) in [5, 5.41) is 0. The van der Waals surface area contributed by atoms with Gasteiger partial charge in [-0.05, 0) is 111 Å². The highest BCUT2D eigenvalue weighted by Gasteiger charge is 2.61. The first-order valence-corrected chi connectivity index (χ1v) is 16.3. The van der Waals surface area contributed by atoms with Crippen LogP contribution in [-0.2, 0) is 9.53 Å². The third-order valence-corrected chi connectivity index (χ3v) is 12.4. The maximum absolute atomic E-state index is 11.8. The molecule has 210 valence electrons. The molecule has 1 aliphatic heterocycles. The van der Waals surface area contributed by atoms with Crippen molar-refractivity contribution >= 4 is 5.97 Å². The van der Waals surface area contributed by atoms with Crippen LogP contribution in [0.2, 0.25) is 0 Å². The quantitative estimate of drug-likeness (QED) is 0.254. The van der Waals surface area contributed by atoms with E-state index in [4.69, 9.17) is 4.74 Å². The Morgan fingerprint density at radius 1 is 1.00 bits per heavy atom. The molecule has 0 bridgehead atoms. The van der Waals surface area contributed by atoms with Gasteiger partial charge in [0.25, 0.3) is 0 Å². The average molecular weight is 512 g/mol. The van der Waals surface area contributed by atoms with Gasteiger partial charge >= 0.3 is 5.97 Å². The third kappa shape index (κ3) is 5.21. The minimum atomic E-state index is -0.108. The first-order valence-electron chi connectivity index (χ1n) is 16.3. The molecule has 0 aromatic heterocycles. The minimum Gasteiger partial charge on any atom is -0.462 e. The summed E-state index contributed by atoms with van der Waals surface area (Å²) in [5.41, 5.74) is 2.46. The Labute approximate surface area is 228 Å². The molecule has 4 fully saturated rings. The number of carbonyl (C=O) groups is 1. The van der Waals surface area contributed by atoms with Crippen LogP contribution in [0.4, 0.5) is 0 Å². The summed E-state index contributed by atoms with van der Waals surface area (Å²) in [5.74, 6) is 4.97. The monoisotopic (exact) mass is 511 g/mol. The molecule has 0 N–H and O–H groups in total. The number of hydrogen-bond acceptors (Lipinski definition) is 3. The van der Waals surface area contributed by atoms with Crippen molar-refractivity contribution in [2.75, 3.05) is 13.1 Å². The molecule has 0 radical (unpaired) electrons. The molecule has 4 aliphatic carbocycles. The van der Waals surface area contributed by atoms with Crippen LogP contribution in [0.15, 0.2) is 11.6 Å². The molecule has 0 spiro atoms. The van der Waals surface area contributed by atoms with E-state index in [1.54, 1.807) is 12.5 Å². The van der Waals surface area contributed by atoms with Crippen LogP contribution in [0.1, 0.15) is 125 Å². The van der Waals surface area contributed by atoms with E-state index < -0.39 is 0 Å². The summed E-state index contributed by atoms with van der Waals surface area (Å²) in [6, 6.07) is 0.601. The van der Waals surface area contributed by atoms with Gasteiger partial charge in [0.2, 0.25) is 0 Å². The molecule has 5 aliphatic rings. The molecule has 3 saturated carbocycles. The van der Waals surface area contributed by atoms with Gasteiger partial charge in [-0.3, -0.25) is 9.69 Å². The van der Waals surface area contributed by atoms with Crippen LogP contribution >= 0.6 is 0 Å². The molecule has 1 heterocycles. The fourth-order valence-electron chi connectivity index (χ4n) is 10.5. The number of rotatable bonds is 7. The molecule has 0 amide bonds. The molecule has 0 unspecified atom stereocenters. The number of hydrogen-bond donors (Lipinski definition) is 0. The van der Waals surface area contributed by atoms with Crippen LogP contribution in [0.25, 0.3) is 0 Å².